The Morgan fingerprint density at radius 2 is 2.11 bits per heavy atom. The molecule has 8 heteroatoms. The number of aromatic amines is 1. The predicted molar refractivity (Wildman–Crippen MR) is 111 cm³/mol. The van der Waals surface area contributed by atoms with E-state index in [0.717, 1.165) is 21.5 Å². The van der Waals surface area contributed by atoms with Crippen LogP contribution >= 0.6 is 22.7 Å². The number of carbonyl (C=O) groups excluding carboxylic acids is 2. The molecule has 0 spiro atoms. The average Bonchev–Trinajstić information content (AvgIpc) is 3.45. The minimum Gasteiger partial charge on any atom is -0.361 e. The fourth-order valence-electron chi connectivity index (χ4n) is 3.35. The number of hydrogen-bond donors (Lipinski definition) is 2. The van der Waals surface area contributed by atoms with E-state index in [2.05, 4.69) is 15.3 Å². The summed E-state index contributed by atoms with van der Waals surface area (Å²) in [6.45, 7) is 1.14. The number of nitrogens with one attached hydrogen (secondary N) is 2. The first kappa shape index (κ1) is 17.2. The van der Waals surface area contributed by atoms with Gasteiger partial charge in [-0.05, 0) is 35.0 Å². The maximum absolute atomic E-state index is 12.9. The number of thiophene rings is 1. The molecule has 2 amide bonds. The summed E-state index contributed by atoms with van der Waals surface area (Å²) in [5.74, 6) is -0.140. The number of amides is 2. The van der Waals surface area contributed by atoms with Crippen molar-refractivity contribution in [2.75, 3.05) is 11.9 Å². The van der Waals surface area contributed by atoms with Gasteiger partial charge in [0.15, 0.2) is 5.13 Å². The van der Waals surface area contributed by atoms with Crippen molar-refractivity contribution in [3.63, 3.8) is 0 Å². The SMILES string of the molecule is O=C(Nc1nc2c(s1)CN(C(=O)c1ccc3cc[nH]c3c1)CC2)c1ccsc1. The summed E-state index contributed by atoms with van der Waals surface area (Å²) in [6.07, 6.45) is 2.56. The highest BCUT2D eigenvalue weighted by molar-refractivity contribution is 7.16. The van der Waals surface area contributed by atoms with Crippen molar-refractivity contribution in [3.8, 4) is 0 Å². The molecule has 0 atom stereocenters. The second-order valence-electron chi connectivity index (χ2n) is 6.61. The molecule has 4 heterocycles. The van der Waals surface area contributed by atoms with Crippen molar-refractivity contribution in [2.45, 2.75) is 13.0 Å². The molecule has 0 bridgehead atoms. The smallest absolute Gasteiger partial charge is 0.258 e. The van der Waals surface area contributed by atoms with Gasteiger partial charge in [-0.3, -0.25) is 14.9 Å². The first-order valence-electron chi connectivity index (χ1n) is 8.86. The largest absolute Gasteiger partial charge is 0.361 e. The van der Waals surface area contributed by atoms with Crippen LogP contribution in [0.1, 0.15) is 31.3 Å². The van der Waals surface area contributed by atoms with Gasteiger partial charge in [0.1, 0.15) is 0 Å². The molecule has 0 saturated heterocycles. The molecule has 6 nitrogen and oxygen atoms in total. The van der Waals surface area contributed by atoms with Crippen LogP contribution in [0.25, 0.3) is 10.9 Å². The number of thiazole rings is 1. The van der Waals surface area contributed by atoms with Gasteiger partial charge in [0, 0.05) is 40.5 Å². The number of H-pyrrole nitrogens is 1. The summed E-state index contributed by atoms with van der Waals surface area (Å²) in [5.41, 5.74) is 3.23. The lowest BCUT2D eigenvalue weighted by Gasteiger charge is -2.26. The summed E-state index contributed by atoms with van der Waals surface area (Å²) in [7, 11) is 0. The van der Waals surface area contributed by atoms with E-state index >= 15 is 0 Å². The zero-order valence-electron chi connectivity index (χ0n) is 14.8. The van der Waals surface area contributed by atoms with E-state index in [1.54, 1.807) is 6.07 Å². The fourth-order valence-corrected chi connectivity index (χ4v) is 5.00. The topological polar surface area (TPSA) is 78.1 Å². The molecule has 5 rings (SSSR count). The van der Waals surface area contributed by atoms with Crippen molar-refractivity contribution in [1.29, 1.82) is 0 Å². The van der Waals surface area contributed by atoms with E-state index in [9.17, 15) is 9.59 Å². The number of carbonyl (C=O) groups is 2. The van der Waals surface area contributed by atoms with Crippen molar-refractivity contribution in [1.82, 2.24) is 14.9 Å². The standard InChI is InChI=1S/C20H16N4O2S2/c25-18(14-5-8-27-11-14)23-20-22-15-4-7-24(10-17(15)28-20)19(26)13-2-1-12-3-6-21-16(12)9-13/h1-3,5-6,8-9,11,21H,4,7,10H2,(H,22,23,25). The molecular formula is C20H16N4O2S2. The van der Waals surface area contributed by atoms with Gasteiger partial charge < -0.3 is 9.88 Å². The first-order chi connectivity index (χ1) is 13.7. The van der Waals surface area contributed by atoms with E-state index in [0.29, 0.717) is 35.8 Å². The number of benzene rings is 1. The summed E-state index contributed by atoms with van der Waals surface area (Å²) in [5, 5.41) is 8.22. The average molecular weight is 409 g/mol. The Bertz CT molecular complexity index is 1180. The minimum absolute atomic E-state index is 0.0133. The van der Waals surface area contributed by atoms with E-state index in [1.165, 1.54) is 22.7 Å². The molecule has 0 saturated carbocycles. The number of nitrogens with zero attached hydrogens (tertiary/aromatic N) is 2. The zero-order chi connectivity index (χ0) is 19.1. The van der Waals surface area contributed by atoms with Crippen LogP contribution in [0.4, 0.5) is 5.13 Å². The Hall–Kier alpha value is -2.97. The Labute approximate surface area is 168 Å². The monoisotopic (exact) mass is 408 g/mol. The van der Waals surface area contributed by atoms with Gasteiger partial charge in [-0.15, -0.1) is 0 Å². The molecule has 3 aromatic heterocycles. The van der Waals surface area contributed by atoms with Crippen LogP contribution in [0.2, 0.25) is 0 Å². The molecule has 140 valence electrons. The summed E-state index contributed by atoms with van der Waals surface area (Å²) in [6, 6.07) is 9.49. The molecule has 1 aliphatic heterocycles. The van der Waals surface area contributed by atoms with Crippen LogP contribution in [0.5, 0.6) is 0 Å². The summed E-state index contributed by atoms with van der Waals surface area (Å²) in [4.78, 5) is 35.7. The summed E-state index contributed by atoms with van der Waals surface area (Å²) >= 11 is 2.93. The van der Waals surface area contributed by atoms with Gasteiger partial charge in [0.25, 0.3) is 11.8 Å². The van der Waals surface area contributed by atoms with Gasteiger partial charge in [0.2, 0.25) is 0 Å². The van der Waals surface area contributed by atoms with Gasteiger partial charge >= 0.3 is 0 Å². The van der Waals surface area contributed by atoms with E-state index in [-0.39, 0.29) is 11.8 Å². The van der Waals surface area contributed by atoms with E-state index < -0.39 is 0 Å². The van der Waals surface area contributed by atoms with Crippen molar-refractivity contribution < 1.29 is 9.59 Å². The van der Waals surface area contributed by atoms with Crippen LogP contribution in [-0.2, 0) is 13.0 Å². The van der Waals surface area contributed by atoms with Gasteiger partial charge in [-0.25, -0.2) is 4.98 Å². The number of fused-ring (bicyclic) bond motifs is 2. The maximum Gasteiger partial charge on any atom is 0.258 e. The van der Waals surface area contributed by atoms with Crippen LogP contribution < -0.4 is 5.32 Å². The maximum atomic E-state index is 12.9. The summed E-state index contributed by atoms with van der Waals surface area (Å²) < 4.78 is 0. The molecule has 1 aliphatic rings. The Kier molecular flexibility index (Phi) is 4.22. The molecule has 0 fully saturated rings. The highest BCUT2D eigenvalue weighted by atomic mass is 32.1. The first-order valence-corrected chi connectivity index (χ1v) is 10.6. The lowest BCUT2D eigenvalue weighted by Crippen LogP contribution is -2.35. The molecule has 0 unspecified atom stereocenters. The van der Waals surface area contributed by atoms with E-state index in [1.807, 2.05) is 46.1 Å². The molecule has 2 N–H and O–H groups in total. The molecule has 1 aromatic carbocycles. The third-order valence-corrected chi connectivity index (χ3v) is 6.51. The molecule has 28 heavy (non-hydrogen) atoms. The van der Waals surface area contributed by atoms with Gasteiger partial charge in [-0.2, -0.15) is 11.3 Å². The predicted octanol–water partition coefficient (Wildman–Crippen LogP) is 4.14. The van der Waals surface area contributed by atoms with Crippen LogP contribution in [0.15, 0.2) is 47.3 Å². The third kappa shape index (κ3) is 3.10. The van der Waals surface area contributed by atoms with Crippen molar-refractivity contribution in [2.24, 2.45) is 0 Å². The Morgan fingerprint density at radius 1 is 1.18 bits per heavy atom. The number of hydrogen-bond acceptors (Lipinski definition) is 5. The zero-order valence-corrected chi connectivity index (χ0v) is 16.4. The minimum atomic E-state index is -0.153. The third-order valence-electron chi connectivity index (χ3n) is 4.82. The van der Waals surface area contributed by atoms with Crippen LogP contribution in [0.3, 0.4) is 0 Å². The quantitative estimate of drug-likeness (QED) is 0.535. The number of aromatic nitrogens is 2. The number of rotatable bonds is 3. The second-order valence-corrected chi connectivity index (χ2v) is 8.48. The molecule has 0 radical (unpaired) electrons. The second kappa shape index (κ2) is 6.88. The lowest BCUT2D eigenvalue weighted by atomic mass is 10.1. The van der Waals surface area contributed by atoms with Gasteiger partial charge in [0.05, 0.1) is 17.8 Å². The van der Waals surface area contributed by atoms with Crippen molar-refractivity contribution >= 4 is 50.5 Å². The number of anilines is 1. The molecular weight excluding hydrogens is 392 g/mol. The Morgan fingerprint density at radius 3 is 2.96 bits per heavy atom. The highest BCUT2D eigenvalue weighted by Gasteiger charge is 2.25. The normalized spacial score (nSPS) is 13.5. The van der Waals surface area contributed by atoms with Crippen LogP contribution in [0, 0.1) is 0 Å². The molecule has 4 aromatic rings. The lowest BCUT2D eigenvalue weighted by molar-refractivity contribution is 0.0736. The highest BCUT2D eigenvalue weighted by Crippen LogP contribution is 2.29. The van der Waals surface area contributed by atoms with Crippen LogP contribution in [-0.4, -0.2) is 33.2 Å². The van der Waals surface area contributed by atoms with Crippen molar-refractivity contribution in [3.05, 3.63) is 69.0 Å². The van der Waals surface area contributed by atoms with E-state index in [4.69, 9.17) is 0 Å². The van der Waals surface area contributed by atoms with Gasteiger partial charge in [-0.1, -0.05) is 17.4 Å². The fraction of sp³-hybridized carbons (Fsp3) is 0.150. The molecule has 0 aliphatic carbocycles. The Balaban J connectivity index is 1.32.